The molecule has 2 aliphatic rings. The van der Waals surface area contributed by atoms with Gasteiger partial charge in [-0.05, 0) is 25.0 Å². The van der Waals surface area contributed by atoms with Crippen molar-refractivity contribution in [2.75, 3.05) is 32.7 Å². The van der Waals surface area contributed by atoms with E-state index >= 15 is 0 Å². The van der Waals surface area contributed by atoms with Crippen LogP contribution >= 0.6 is 0 Å². The van der Waals surface area contributed by atoms with Crippen molar-refractivity contribution in [2.24, 2.45) is 11.8 Å². The molecule has 3 amide bonds. The third kappa shape index (κ3) is 4.49. The Balaban J connectivity index is 1.52. The standard InChI is InChI=1S/C20H24N2O7/c1-27-12-7-8-16(28-2)15(9-12)21-17(23)11-29-18(24)10-22-19(25)13-5-3-4-6-14(13)20(22)26/h7-9,13-14H,3-6,10-11H2,1-2H3,(H,21,23)/t13-,14+. The van der Waals surface area contributed by atoms with E-state index in [4.69, 9.17) is 14.2 Å². The first-order valence-electron chi connectivity index (χ1n) is 9.47. The molecule has 1 aromatic rings. The first-order chi connectivity index (χ1) is 13.9. The number of nitrogens with zero attached hydrogens (tertiary/aromatic N) is 1. The summed E-state index contributed by atoms with van der Waals surface area (Å²) in [5, 5.41) is 2.57. The van der Waals surface area contributed by atoms with Gasteiger partial charge < -0.3 is 19.5 Å². The van der Waals surface area contributed by atoms with E-state index < -0.39 is 25.0 Å². The van der Waals surface area contributed by atoms with Gasteiger partial charge in [-0.15, -0.1) is 0 Å². The summed E-state index contributed by atoms with van der Waals surface area (Å²) in [5.41, 5.74) is 0.363. The molecule has 0 radical (unpaired) electrons. The number of esters is 1. The third-order valence-corrected chi connectivity index (χ3v) is 5.26. The second-order valence-electron chi connectivity index (χ2n) is 7.04. The van der Waals surface area contributed by atoms with Gasteiger partial charge in [0.2, 0.25) is 11.8 Å². The Labute approximate surface area is 168 Å². The highest BCUT2D eigenvalue weighted by Crippen LogP contribution is 2.37. The fourth-order valence-electron chi connectivity index (χ4n) is 3.81. The molecule has 1 aromatic carbocycles. The zero-order valence-electron chi connectivity index (χ0n) is 16.4. The van der Waals surface area contributed by atoms with Gasteiger partial charge in [0.25, 0.3) is 5.91 Å². The Hall–Kier alpha value is -3.10. The number of methoxy groups -OCH3 is 2. The average Bonchev–Trinajstić information content (AvgIpc) is 2.97. The maximum Gasteiger partial charge on any atom is 0.326 e. The van der Waals surface area contributed by atoms with Gasteiger partial charge in [0.05, 0.1) is 31.7 Å². The summed E-state index contributed by atoms with van der Waals surface area (Å²) in [6.07, 6.45) is 3.16. The van der Waals surface area contributed by atoms with Crippen LogP contribution in [0.1, 0.15) is 25.7 Å². The molecule has 1 N–H and O–H groups in total. The second kappa shape index (κ2) is 8.93. The highest BCUT2D eigenvalue weighted by Gasteiger charge is 2.48. The number of imide groups is 1. The number of nitrogens with one attached hydrogen (secondary N) is 1. The molecule has 9 nitrogen and oxygen atoms in total. The Morgan fingerprint density at radius 1 is 1.07 bits per heavy atom. The number of hydrogen-bond donors (Lipinski definition) is 1. The van der Waals surface area contributed by atoms with E-state index in [1.54, 1.807) is 18.2 Å². The van der Waals surface area contributed by atoms with E-state index in [-0.39, 0.29) is 23.7 Å². The Morgan fingerprint density at radius 3 is 2.31 bits per heavy atom. The molecular formula is C20H24N2O7. The summed E-state index contributed by atoms with van der Waals surface area (Å²) in [6, 6.07) is 4.88. The van der Waals surface area contributed by atoms with E-state index in [1.165, 1.54) is 14.2 Å². The lowest BCUT2D eigenvalue weighted by Crippen LogP contribution is -2.37. The Morgan fingerprint density at radius 2 is 1.72 bits per heavy atom. The second-order valence-corrected chi connectivity index (χ2v) is 7.04. The fraction of sp³-hybridized carbons (Fsp3) is 0.500. The number of benzene rings is 1. The lowest BCUT2D eigenvalue weighted by Gasteiger charge is -2.19. The van der Waals surface area contributed by atoms with Crippen molar-refractivity contribution in [3.63, 3.8) is 0 Å². The minimum Gasteiger partial charge on any atom is -0.497 e. The average molecular weight is 404 g/mol. The normalized spacial score (nSPS) is 20.8. The van der Waals surface area contributed by atoms with Gasteiger partial charge in [-0.2, -0.15) is 0 Å². The van der Waals surface area contributed by atoms with Crippen molar-refractivity contribution in [3.8, 4) is 11.5 Å². The molecule has 156 valence electrons. The van der Waals surface area contributed by atoms with E-state index in [2.05, 4.69) is 5.32 Å². The number of amides is 3. The molecule has 0 bridgehead atoms. The van der Waals surface area contributed by atoms with E-state index in [0.29, 0.717) is 30.0 Å². The summed E-state index contributed by atoms with van der Waals surface area (Å²) >= 11 is 0. The van der Waals surface area contributed by atoms with Gasteiger partial charge in [-0.1, -0.05) is 12.8 Å². The smallest absolute Gasteiger partial charge is 0.326 e. The number of carbonyl (C=O) groups excluding carboxylic acids is 4. The molecular weight excluding hydrogens is 380 g/mol. The van der Waals surface area contributed by atoms with E-state index in [9.17, 15) is 19.2 Å². The Bertz CT molecular complexity index is 799. The Kier molecular flexibility index (Phi) is 6.36. The molecule has 1 aliphatic carbocycles. The van der Waals surface area contributed by atoms with Crippen molar-refractivity contribution in [1.82, 2.24) is 4.90 Å². The molecule has 3 rings (SSSR count). The number of carbonyl (C=O) groups is 4. The van der Waals surface area contributed by atoms with Crippen LogP contribution in [0.3, 0.4) is 0 Å². The number of anilines is 1. The van der Waals surface area contributed by atoms with Crippen molar-refractivity contribution in [3.05, 3.63) is 18.2 Å². The first kappa shape index (κ1) is 20.6. The molecule has 1 saturated heterocycles. The van der Waals surface area contributed by atoms with Gasteiger partial charge in [0.15, 0.2) is 6.61 Å². The van der Waals surface area contributed by atoms with Crippen molar-refractivity contribution < 1.29 is 33.4 Å². The summed E-state index contributed by atoms with van der Waals surface area (Å²) in [5.74, 6) is -1.74. The lowest BCUT2D eigenvalue weighted by atomic mass is 9.81. The van der Waals surface area contributed by atoms with E-state index in [1.807, 2.05) is 0 Å². The van der Waals surface area contributed by atoms with Gasteiger partial charge in [0, 0.05) is 6.07 Å². The predicted molar refractivity (Wildman–Crippen MR) is 101 cm³/mol. The SMILES string of the molecule is COc1ccc(OC)c(NC(=O)COC(=O)CN2C(=O)[C@H]3CCCC[C@H]3C2=O)c1. The molecule has 1 aliphatic heterocycles. The molecule has 0 unspecified atom stereocenters. The summed E-state index contributed by atoms with van der Waals surface area (Å²) in [6.45, 7) is -1.03. The van der Waals surface area contributed by atoms with Crippen LogP contribution in [0.2, 0.25) is 0 Å². The van der Waals surface area contributed by atoms with Crippen LogP contribution in [0, 0.1) is 11.8 Å². The molecule has 0 aromatic heterocycles. The van der Waals surface area contributed by atoms with Gasteiger partial charge >= 0.3 is 5.97 Å². The van der Waals surface area contributed by atoms with Crippen LogP contribution in [0.5, 0.6) is 11.5 Å². The topological polar surface area (TPSA) is 111 Å². The molecule has 1 heterocycles. The van der Waals surface area contributed by atoms with E-state index in [0.717, 1.165) is 17.7 Å². The largest absolute Gasteiger partial charge is 0.497 e. The van der Waals surface area contributed by atoms with Crippen LogP contribution in [0.15, 0.2) is 18.2 Å². The maximum absolute atomic E-state index is 12.4. The van der Waals surface area contributed by atoms with Crippen molar-refractivity contribution >= 4 is 29.4 Å². The molecule has 29 heavy (non-hydrogen) atoms. The maximum atomic E-state index is 12.4. The first-order valence-corrected chi connectivity index (χ1v) is 9.47. The van der Waals surface area contributed by atoms with Gasteiger partial charge in [-0.25, -0.2) is 0 Å². The van der Waals surface area contributed by atoms with Gasteiger partial charge in [-0.3, -0.25) is 24.1 Å². The molecule has 9 heteroatoms. The molecule has 1 saturated carbocycles. The van der Waals surface area contributed by atoms with Crippen molar-refractivity contribution in [2.45, 2.75) is 25.7 Å². The van der Waals surface area contributed by atoms with Crippen molar-refractivity contribution in [1.29, 1.82) is 0 Å². The third-order valence-electron chi connectivity index (χ3n) is 5.26. The highest BCUT2D eigenvalue weighted by atomic mass is 16.5. The quantitative estimate of drug-likeness (QED) is 0.539. The highest BCUT2D eigenvalue weighted by molar-refractivity contribution is 6.07. The monoisotopic (exact) mass is 404 g/mol. The predicted octanol–water partition coefficient (Wildman–Crippen LogP) is 1.36. The minimum absolute atomic E-state index is 0.317. The summed E-state index contributed by atoms with van der Waals surface area (Å²) in [4.78, 5) is 49.9. The van der Waals surface area contributed by atoms with Crippen LogP contribution < -0.4 is 14.8 Å². The minimum atomic E-state index is -0.807. The molecule has 2 atom stereocenters. The number of fused-ring (bicyclic) bond motifs is 1. The fourth-order valence-corrected chi connectivity index (χ4v) is 3.81. The zero-order chi connectivity index (χ0) is 21.0. The van der Waals surface area contributed by atoms with Crippen LogP contribution in [-0.2, 0) is 23.9 Å². The molecule has 2 fully saturated rings. The van der Waals surface area contributed by atoms with Crippen LogP contribution in [0.25, 0.3) is 0 Å². The van der Waals surface area contributed by atoms with Gasteiger partial charge in [0.1, 0.15) is 18.0 Å². The lowest BCUT2D eigenvalue weighted by molar-refractivity contribution is -0.154. The summed E-state index contributed by atoms with van der Waals surface area (Å²) in [7, 11) is 2.95. The molecule has 0 spiro atoms. The number of ether oxygens (including phenoxy) is 3. The zero-order valence-corrected chi connectivity index (χ0v) is 16.4. The van der Waals surface area contributed by atoms with Crippen LogP contribution in [0.4, 0.5) is 5.69 Å². The number of likely N-dealkylation sites (tertiary alicyclic amines) is 1. The summed E-state index contributed by atoms with van der Waals surface area (Å²) < 4.78 is 15.2. The number of hydrogen-bond acceptors (Lipinski definition) is 7. The van der Waals surface area contributed by atoms with Crippen LogP contribution in [-0.4, -0.2) is 56.0 Å². The number of rotatable bonds is 7.